The maximum absolute atomic E-state index is 13.0. The molecule has 1 N–H and O–H groups in total. The summed E-state index contributed by atoms with van der Waals surface area (Å²) in [6.07, 6.45) is -3.14. The molecular weight excluding hydrogens is 482 g/mol. The van der Waals surface area contributed by atoms with Crippen molar-refractivity contribution in [3.8, 4) is 0 Å². The second-order valence-electron chi connectivity index (χ2n) is 5.56. The zero-order valence-corrected chi connectivity index (χ0v) is 17.6. The maximum Gasteiger partial charge on any atom is 0.435 e. The molecule has 0 bridgehead atoms. The Morgan fingerprint density at radius 1 is 1.31 bits per heavy atom. The Morgan fingerprint density at radius 3 is 2.46 bits per heavy atom. The fraction of sp³-hybridized carbons (Fsp3) is 0.375. The van der Waals surface area contributed by atoms with E-state index in [2.05, 4.69) is 15.4 Å². The van der Waals surface area contributed by atoms with Gasteiger partial charge >= 0.3 is 6.18 Å². The molecule has 144 valence electrons. The van der Waals surface area contributed by atoms with E-state index in [1.807, 2.05) is 17.0 Å². The van der Waals surface area contributed by atoms with Crippen molar-refractivity contribution in [2.24, 2.45) is 12.0 Å². The standard InChI is InChI=1S/C16H19ClF3N5.HI/c1-21-15(24(2)9-11-4-6-13(17)7-5-11)22-8-12-10-25(3)23-14(12)16(18,19)20;/h4-7,10H,8-9H2,1-3H3,(H,21,22);1H. The third kappa shape index (κ3) is 6.04. The number of nitrogens with zero attached hydrogens (tertiary/aromatic N) is 4. The van der Waals surface area contributed by atoms with Gasteiger partial charge in [0, 0.05) is 51.0 Å². The molecule has 0 amide bonds. The van der Waals surface area contributed by atoms with Crippen LogP contribution in [0.25, 0.3) is 0 Å². The Balaban J connectivity index is 0.00000338. The van der Waals surface area contributed by atoms with Crippen LogP contribution in [0.3, 0.4) is 0 Å². The van der Waals surface area contributed by atoms with Crippen LogP contribution >= 0.6 is 35.6 Å². The van der Waals surface area contributed by atoms with E-state index in [0.29, 0.717) is 17.5 Å². The molecule has 1 aromatic heterocycles. The normalized spacial score (nSPS) is 11.9. The third-order valence-corrected chi connectivity index (χ3v) is 3.77. The molecule has 0 aliphatic rings. The van der Waals surface area contributed by atoms with Crippen molar-refractivity contribution in [1.29, 1.82) is 0 Å². The third-order valence-electron chi connectivity index (χ3n) is 3.52. The summed E-state index contributed by atoms with van der Waals surface area (Å²) in [4.78, 5) is 5.92. The Bertz CT molecular complexity index is 743. The van der Waals surface area contributed by atoms with Crippen molar-refractivity contribution in [1.82, 2.24) is 20.0 Å². The smallest absolute Gasteiger partial charge is 0.352 e. The lowest BCUT2D eigenvalue weighted by Gasteiger charge is -2.22. The van der Waals surface area contributed by atoms with Crippen molar-refractivity contribution in [3.05, 3.63) is 52.3 Å². The summed E-state index contributed by atoms with van der Waals surface area (Å²) >= 11 is 5.86. The monoisotopic (exact) mass is 501 g/mol. The molecule has 0 fully saturated rings. The molecule has 26 heavy (non-hydrogen) atoms. The van der Waals surface area contributed by atoms with Gasteiger partial charge in [-0.15, -0.1) is 24.0 Å². The van der Waals surface area contributed by atoms with Crippen LogP contribution in [0.5, 0.6) is 0 Å². The highest BCUT2D eigenvalue weighted by atomic mass is 127. The highest BCUT2D eigenvalue weighted by molar-refractivity contribution is 14.0. The first-order valence-corrected chi connectivity index (χ1v) is 7.84. The van der Waals surface area contributed by atoms with Gasteiger partial charge in [0.25, 0.3) is 0 Å². The first-order valence-electron chi connectivity index (χ1n) is 7.46. The predicted octanol–water partition coefficient (Wildman–Crippen LogP) is 3.92. The van der Waals surface area contributed by atoms with Crippen molar-refractivity contribution < 1.29 is 13.2 Å². The molecule has 2 rings (SSSR count). The minimum atomic E-state index is -4.49. The summed E-state index contributed by atoms with van der Waals surface area (Å²) in [6, 6.07) is 7.34. The van der Waals surface area contributed by atoms with Gasteiger partial charge in [-0.2, -0.15) is 18.3 Å². The molecule has 5 nitrogen and oxygen atoms in total. The topological polar surface area (TPSA) is 45.5 Å². The van der Waals surface area contributed by atoms with E-state index in [1.54, 1.807) is 26.2 Å². The van der Waals surface area contributed by atoms with Gasteiger partial charge in [-0.25, -0.2) is 0 Å². The quantitative estimate of drug-likeness (QED) is 0.393. The van der Waals surface area contributed by atoms with Crippen molar-refractivity contribution in [2.75, 3.05) is 14.1 Å². The molecule has 10 heteroatoms. The van der Waals surface area contributed by atoms with Crippen molar-refractivity contribution >= 4 is 41.5 Å². The number of aliphatic imine (C=N–C) groups is 1. The fourth-order valence-corrected chi connectivity index (χ4v) is 2.53. The number of aryl methyl sites for hydroxylation is 1. The largest absolute Gasteiger partial charge is 0.435 e. The number of hydrogen-bond donors (Lipinski definition) is 1. The first kappa shape index (κ1) is 22.6. The zero-order chi connectivity index (χ0) is 18.6. The maximum atomic E-state index is 13.0. The highest BCUT2D eigenvalue weighted by Gasteiger charge is 2.36. The Kier molecular flexibility index (Phi) is 8.19. The van der Waals surface area contributed by atoms with Gasteiger partial charge in [0.2, 0.25) is 0 Å². The molecule has 0 spiro atoms. The second-order valence-corrected chi connectivity index (χ2v) is 5.99. The molecule has 0 radical (unpaired) electrons. The Hall–Kier alpha value is -1.49. The second kappa shape index (κ2) is 9.45. The van der Waals surface area contributed by atoms with Crippen LogP contribution in [0.15, 0.2) is 35.5 Å². The van der Waals surface area contributed by atoms with Crippen LogP contribution in [0.2, 0.25) is 5.02 Å². The van der Waals surface area contributed by atoms with Gasteiger partial charge in [-0.05, 0) is 17.7 Å². The number of nitrogens with one attached hydrogen (secondary N) is 1. The molecule has 0 unspecified atom stereocenters. The van der Waals surface area contributed by atoms with E-state index in [0.717, 1.165) is 10.2 Å². The van der Waals surface area contributed by atoms with Crippen molar-refractivity contribution in [3.63, 3.8) is 0 Å². The minimum Gasteiger partial charge on any atom is -0.352 e. The van der Waals surface area contributed by atoms with E-state index < -0.39 is 11.9 Å². The molecule has 1 aromatic carbocycles. The van der Waals surface area contributed by atoms with Gasteiger partial charge in [-0.1, -0.05) is 23.7 Å². The number of benzene rings is 1. The summed E-state index contributed by atoms with van der Waals surface area (Å²) < 4.78 is 40.1. The van der Waals surface area contributed by atoms with Gasteiger partial charge in [-0.3, -0.25) is 9.67 Å². The summed E-state index contributed by atoms with van der Waals surface area (Å²) in [5, 5.41) is 7.08. The summed E-state index contributed by atoms with van der Waals surface area (Å²) in [5.41, 5.74) is 0.182. The Labute approximate surface area is 172 Å². The molecule has 0 saturated heterocycles. The lowest BCUT2D eigenvalue weighted by Crippen LogP contribution is -2.38. The van der Waals surface area contributed by atoms with E-state index >= 15 is 0 Å². The Morgan fingerprint density at radius 2 is 1.92 bits per heavy atom. The fourth-order valence-electron chi connectivity index (χ4n) is 2.40. The number of hydrogen-bond acceptors (Lipinski definition) is 2. The summed E-state index contributed by atoms with van der Waals surface area (Å²) in [6.45, 7) is 0.510. The highest BCUT2D eigenvalue weighted by Crippen LogP contribution is 2.30. The van der Waals surface area contributed by atoms with Gasteiger partial charge < -0.3 is 10.2 Å². The van der Waals surface area contributed by atoms with Crippen molar-refractivity contribution in [2.45, 2.75) is 19.3 Å². The predicted molar refractivity (Wildman–Crippen MR) is 107 cm³/mol. The van der Waals surface area contributed by atoms with Gasteiger partial charge in [0.1, 0.15) is 0 Å². The minimum absolute atomic E-state index is 0. The molecule has 2 aromatic rings. The number of rotatable bonds is 4. The average Bonchev–Trinajstić information content (AvgIpc) is 2.91. The van der Waals surface area contributed by atoms with E-state index in [1.165, 1.54) is 13.2 Å². The van der Waals surface area contributed by atoms with Crippen LogP contribution in [-0.4, -0.2) is 34.7 Å². The average molecular weight is 502 g/mol. The molecular formula is C16H20ClF3IN5. The van der Waals surface area contributed by atoms with Crippen LogP contribution in [0.4, 0.5) is 13.2 Å². The summed E-state index contributed by atoms with van der Waals surface area (Å²) in [5.74, 6) is 0.479. The number of guanidine groups is 1. The molecule has 1 heterocycles. The van der Waals surface area contributed by atoms with Crippen LogP contribution in [0, 0.1) is 0 Å². The van der Waals surface area contributed by atoms with Crippen LogP contribution in [0.1, 0.15) is 16.8 Å². The molecule has 0 saturated carbocycles. The SMILES string of the molecule is CN=C(NCc1cn(C)nc1C(F)(F)F)N(C)Cc1ccc(Cl)cc1.I. The van der Waals surface area contributed by atoms with Crippen LogP contribution in [-0.2, 0) is 26.3 Å². The molecule has 0 atom stereocenters. The van der Waals surface area contributed by atoms with E-state index in [-0.39, 0.29) is 36.1 Å². The molecule has 0 aliphatic carbocycles. The summed E-state index contributed by atoms with van der Waals surface area (Å²) in [7, 11) is 4.84. The van der Waals surface area contributed by atoms with Gasteiger partial charge in [0.05, 0.1) is 0 Å². The number of aromatic nitrogens is 2. The lowest BCUT2D eigenvalue weighted by atomic mass is 10.2. The first-order chi connectivity index (χ1) is 11.7. The van der Waals surface area contributed by atoms with Crippen LogP contribution < -0.4 is 5.32 Å². The van der Waals surface area contributed by atoms with Gasteiger partial charge in [0.15, 0.2) is 11.7 Å². The number of alkyl halides is 3. The lowest BCUT2D eigenvalue weighted by molar-refractivity contribution is -0.142. The van der Waals surface area contributed by atoms with E-state index in [9.17, 15) is 13.2 Å². The zero-order valence-electron chi connectivity index (χ0n) is 14.5. The van der Waals surface area contributed by atoms with E-state index in [4.69, 9.17) is 11.6 Å². The molecule has 0 aliphatic heterocycles. The number of halogens is 5.